The van der Waals surface area contributed by atoms with Gasteiger partial charge in [-0.2, -0.15) is 0 Å². The van der Waals surface area contributed by atoms with Crippen LogP contribution in [0.1, 0.15) is 15.9 Å². The maximum atomic E-state index is 12.2. The predicted molar refractivity (Wildman–Crippen MR) is 128 cm³/mol. The minimum absolute atomic E-state index is 0.0222. The molecule has 0 spiro atoms. The van der Waals surface area contributed by atoms with Gasteiger partial charge in [-0.05, 0) is 36.2 Å². The van der Waals surface area contributed by atoms with Crippen molar-refractivity contribution >= 4 is 5.97 Å². The summed E-state index contributed by atoms with van der Waals surface area (Å²) >= 11 is 0. The third-order valence-electron chi connectivity index (χ3n) is 6.46. The van der Waals surface area contributed by atoms with Gasteiger partial charge >= 0.3 is 5.97 Å². The molecule has 208 valence electrons. The summed E-state index contributed by atoms with van der Waals surface area (Å²) in [6, 6.07) is 14.8. The number of carbonyl (C=O) groups excluding carboxylic acids is 1. The fourth-order valence-corrected chi connectivity index (χ4v) is 4.19. The molecule has 8 atom stereocenters. The molecule has 2 heterocycles. The molecular formula is C26H32O12. The van der Waals surface area contributed by atoms with Crippen molar-refractivity contribution < 1.29 is 59.1 Å². The van der Waals surface area contributed by atoms with Crippen LogP contribution < -0.4 is 4.74 Å². The Bertz CT molecular complexity index is 1030. The molecule has 0 amide bonds. The highest BCUT2D eigenvalue weighted by atomic mass is 16.8. The average molecular weight is 537 g/mol. The van der Waals surface area contributed by atoms with Crippen molar-refractivity contribution in [1.82, 2.24) is 0 Å². The first-order valence-electron chi connectivity index (χ1n) is 12.1. The molecule has 6 N–H and O–H groups in total. The average Bonchev–Trinajstić information content (AvgIpc) is 3.21. The molecule has 12 nitrogen and oxygen atoms in total. The molecule has 2 aromatic carbocycles. The number of ether oxygens (including phenoxy) is 5. The lowest BCUT2D eigenvalue weighted by Gasteiger charge is -2.42. The molecule has 0 bridgehead atoms. The van der Waals surface area contributed by atoms with Crippen LogP contribution in [-0.2, 0) is 25.4 Å². The standard InChI is InChI=1S/C26H32O12/c27-11-10-15-6-8-17(9-7-15)36-24-21(20(30)19(29)18(12-28)37-24)38-25-22(31)26(33,14-35-25)13-34-23(32)16-4-2-1-3-5-16/h1-9,18-22,24-25,27-31,33H,10-14H2/t18-,19-,20+,21-,22+,24-,25+,26-/m1/s1. The van der Waals surface area contributed by atoms with Crippen molar-refractivity contribution in [3.8, 4) is 5.75 Å². The summed E-state index contributed by atoms with van der Waals surface area (Å²) in [5, 5.41) is 61.4. The van der Waals surface area contributed by atoms with Crippen molar-refractivity contribution in [2.24, 2.45) is 0 Å². The maximum Gasteiger partial charge on any atom is 0.338 e. The van der Waals surface area contributed by atoms with Gasteiger partial charge in [-0.15, -0.1) is 0 Å². The number of aliphatic hydroxyl groups is 6. The van der Waals surface area contributed by atoms with Gasteiger partial charge in [0.1, 0.15) is 36.8 Å². The molecule has 2 saturated heterocycles. The van der Waals surface area contributed by atoms with Gasteiger partial charge in [0, 0.05) is 6.61 Å². The molecular weight excluding hydrogens is 504 g/mol. The van der Waals surface area contributed by atoms with E-state index in [9.17, 15) is 30.3 Å². The van der Waals surface area contributed by atoms with Crippen LogP contribution in [0.3, 0.4) is 0 Å². The highest BCUT2D eigenvalue weighted by Crippen LogP contribution is 2.32. The summed E-state index contributed by atoms with van der Waals surface area (Å²) in [6.07, 6.45) is -9.90. The lowest BCUT2D eigenvalue weighted by atomic mass is 9.98. The minimum atomic E-state index is -2.01. The van der Waals surface area contributed by atoms with E-state index in [1.807, 2.05) is 0 Å². The molecule has 12 heteroatoms. The van der Waals surface area contributed by atoms with Gasteiger partial charge in [0.05, 0.1) is 18.8 Å². The second kappa shape index (κ2) is 12.5. The van der Waals surface area contributed by atoms with E-state index in [-0.39, 0.29) is 12.2 Å². The van der Waals surface area contributed by atoms with E-state index in [4.69, 9.17) is 28.8 Å². The summed E-state index contributed by atoms with van der Waals surface area (Å²) in [6.45, 7) is -1.69. The molecule has 4 rings (SSSR count). The number of carbonyl (C=O) groups is 1. The Morgan fingerprint density at radius 1 is 0.974 bits per heavy atom. The van der Waals surface area contributed by atoms with Crippen LogP contribution in [-0.4, -0.2) is 112 Å². The minimum Gasteiger partial charge on any atom is -0.462 e. The lowest BCUT2D eigenvalue weighted by molar-refractivity contribution is -0.318. The maximum absolute atomic E-state index is 12.2. The van der Waals surface area contributed by atoms with E-state index in [0.717, 1.165) is 5.56 Å². The van der Waals surface area contributed by atoms with Gasteiger partial charge in [-0.3, -0.25) is 0 Å². The van der Waals surface area contributed by atoms with Crippen molar-refractivity contribution in [1.29, 1.82) is 0 Å². The summed E-state index contributed by atoms with van der Waals surface area (Å²) in [7, 11) is 0. The summed E-state index contributed by atoms with van der Waals surface area (Å²) in [5.41, 5.74) is -0.895. The van der Waals surface area contributed by atoms with Gasteiger partial charge in [-0.1, -0.05) is 30.3 Å². The molecule has 0 aliphatic carbocycles. The van der Waals surface area contributed by atoms with E-state index in [1.165, 1.54) is 12.1 Å². The first-order chi connectivity index (χ1) is 18.3. The zero-order valence-electron chi connectivity index (χ0n) is 20.4. The molecule has 2 fully saturated rings. The summed E-state index contributed by atoms with van der Waals surface area (Å²) < 4.78 is 27.7. The van der Waals surface area contributed by atoms with Crippen LogP contribution >= 0.6 is 0 Å². The second-order valence-electron chi connectivity index (χ2n) is 9.21. The van der Waals surface area contributed by atoms with E-state index >= 15 is 0 Å². The van der Waals surface area contributed by atoms with Crippen LogP contribution in [0.15, 0.2) is 54.6 Å². The second-order valence-corrected chi connectivity index (χ2v) is 9.21. The van der Waals surface area contributed by atoms with Crippen LogP contribution in [0.25, 0.3) is 0 Å². The fourth-order valence-electron chi connectivity index (χ4n) is 4.19. The van der Waals surface area contributed by atoms with Crippen LogP contribution in [0.5, 0.6) is 5.75 Å². The number of hydrogen-bond acceptors (Lipinski definition) is 12. The number of esters is 1. The third kappa shape index (κ3) is 6.31. The Morgan fingerprint density at radius 2 is 1.68 bits per heavy atom. The third-order valence-corrected chi connectivity index (χ3v) is 6.46. The molecule has 38 heavy (non-hydrogen) atoms. The first kappa shape index (κ1) is 28.4. The monoisotopic (exact) mass is 536 g/mol. The van der Waals surface area contributed by atoms with Crippen LogP contribution in [0.4, 0.5) is 0 Å². The quantitative estimate of drug-likeness (QED) is 0.198. The molecule has 2 aliphatic rings. The predicted octanol–water partition coefficient (Wildman–Crippen LogP) is -1.27. The van der Waals surface area contributed by atoms with Crippen molar-refractivity contribution in [2.75, 3.05) is 26.4 Å². The summed E-state index contributed by atoms with van der Waals surface area (Å²) in [5.74, 6) is -0.397. The topological polar surface area (TPSA) is 185 Å². The smallest absolute Gasteiger partial charge is 0.338 e. The zero-order chi connectivity index (χ0) is 27.3. The lowest BCUT2D eigenvalue weighted by Crippen LogP contribution is -2.62. The van der Waals surface area contributed by atoms with E-state index in [2.05, 4.69) is 0 Å². The first-order valence-corrected chi connectivity index (χ1v) is 12.1. The number of benzene rings is 2. The van der Waals surface area contributed by atoms with Crippen LogP contribution in [0.2, 0.25) is 0 Å². The molecule has 0 aromatic heterocycles. The van der Waals surface area contributed by atoms with Gasteiger partial charge in [-0.25, -0.2) is 4.79 Å². The molecule has 2 aliphatic heterocycles. The largest absolute Gasteiger partial charge is 0.462 e. The van der Waals surface area contributed by atoms with E-state index < -0.39 is 74.5 Å². The van der Waals surface area contributed by atoms with Crippen molar-refractivity contribution in [2.45, 2.75) is 55.1 Å². The zero-order valence-corrected chi connectivity index (χ0v) is 20.4. The van der Waals surface area contributed by atoms with Crippen molar-refractivity contribution in [3.63, 3.8) is 0 Å². The van der Waals surface area contributed by atoms with Gasteiger partial charge in [0.15, 0.2) is 18.0 Å². The molecule has 2 aromatic rings. The Balaban J connectivity index is 1.43. The van der Waals surface area contributed by atoms with Gasteiger partial charge in [0.2, 0.25) is 6.29 Å². The molecule has 0 unspecified atom stereocenters. The number of aliphatic hydroxyl groups excluding tert-OH is 5. The Labute approximate surface area is 218 Å². The van der Waals surface area contributed by atoms with Gasteiger partial charge < -0.3 is 54.3 Å². The number of hydrogen-bond donors (Lipinski definition) is 6. The van der Waals surface area contributed by atoms with Gasteiger partial charge in [0.25, 0.3) is 0 Å². The number of rotatable bonds is 10. The highest BCUT2D eigenvalue weighted by molar-refractivity contribution is 5.89. The SMILES string of the molecule is O=C(OC[C@@]1(O)CO[C@@H](O[C@H]2[C@H](Oc3ccc(CCO)cc3)O[C@H](CO)[C@@H](O)[C@@H]2O)[C@@H]1O)c1ccccc1. The van der Waals surface area contributed by atoms with Crippen LogP contribution in [0, 0.1) is 0 Å². The van der Waals surface area contributed by atoms with Crippen molar-refractivity contribution in [3.05, 3.63) is 65.7 Å². The van der Waals surface area contributed by atoms with E-state index in [1.54, 1.807) is 42.5 Å². The highest BCUT2D eigenvalue weighted by Gasteiger charge is 2.54. The Morgan fingerprint density at radius 3 is 2.34 bits per heavy atom. The van der Waals surface area contributed by atoms with E-state index in [0.29, 0.717) is 12.2 Å². The summed E-state index contributed by atoms with van der Waals surface area (Å²) in [4.78, 5) is 12.2. The molecule has 0 saturated carbocycles. The molecule has 0 radical (unpaired) electrons. The normalized spacial score (nSPS) is 33.2. The Kier molecular flexibility index (Phi) is 9.31. The Hall–Kier alpha value is -2.65. The fraction of sp³-hybridized carbons (Fsp3) is 0.500.